The number of aromatic nitrogens is 2. The molecule has 1 heterocycles. The summed E-state index contributed by atoms with van der Waals surface area (Å²) in [5.41, 5.74) is 1.10. The van der Waals surface area contributed by atoms with Gasteiger partial charge in [0.05, 0.1) is 20.3 Å². The molecule has 8 heteroatoms. The second kappa shape index (κ2) is 7.21. The lowest BCUT2D eigenvalue weighted by Gasteiger charge is -2.09. The van der Waals surface area contributed by atoms with Gasteiger partial charge in [-0.05, 0) is 31.2 Å². The number of nitrogens with one attached hydrogen (secondary N) is 2. The molecule has 0 saturated carbocycles. The van der Waals surface area contributed by atoms with Gasteiger partial charge in [0, 0.05) is 11.3 Å². The van der Waals surface area contributed by atoms with Crippen molar-refractivity contribution >= 4 is 23.5 Å². The summed E-state index contributed by atoms with van der Waals surface area (Å²) in [5.74, 6) is 0.521. The molecule has 1 aromatic carbocycles. The van der Waals surface area contributed by atoms with Gasteiger partial charge in [-0.2, -0.15) is 9.97 Å². The number of amides is 2. The summed E-state index contributed by atoms with van der Waals surface area (Å²) < 4.78 is 10.00. The van der Waals surface area contributed by atoms with Crippen LogP contribution in [0.3, 0.4) is 0 Å². The van der Waals surface area contributed by atoms with Crippen LogP contribution in [0.25, 0.3) is 0 Å². The van der Waals surface area contributed by atoms with Crippen molar-refractivity contribution < 1.29 is 19.1 Å². The minimum absolute atomic E-state index is 0.0408. The first-order chi connectivity index (χ1) is 11.0. The highest BCUT2D eigenvalue weighted by molar-refractivity contribution is 5.99. The van der Waals surface area contributed by atoms with Crippen LogP contribution in [0.1, 0.15) is 17.3 Å². The molecule has 2 amide bonds. The molecule has 0 aliphatic heterocycles. The van der Waals surface area contributed by atoms with Gasteiger partial charge in [0.25, 0.3) is 0 Å². The number of anilines is 2. The molecule has 0 saturated heterocycles. The average Bonchev–Trinajstić information content (AvgIpc) is 2.54. The Bertz CT molecular complexity index is 694. The van der Waals surface area contributed by atoms with Crippen LogP contribution in [-0.4, -0.2) is 36.0 Å². The fraction of sp³-hybridized carbons (Fsp3) is 0.200. The van der Waals surface area contributed by atoms with Gasteiger partial charge in [-0.15, -0.1) is 0 Å². The highest BCUT2D eigenvalue weighted by atomic mass is 16.5. The quantitative estimate of drug-likeness (QED) is 0.821. The number of ketones is 1. The molecule has 0 unspecified atom stereocenters. The monoisotopic (exact) mass is 316 g/mol. The molecule has 0 radical (unpaired) electrons. The smallest absolute Gasteiger partial charge is 0.326 e. The van der Waals surface area contributed by atoms with Crippen LogP contribution in [0.4, 0.5) is 16.4 Å². The number of hydrogen-bond acceptors (Lipinski definition) is 6. The third kappa shape index (κ3) is 4.40. The van der Waals surface area contributed by atoms with E-state index in [2.05, 4.69) is 20.6 Å². The number of carbonyl (C=O) groups excluding carboxylic acids is 2. The van der Waals surface area contributed by atoms with Gasteiger partial charge in [0.2, 0.25) is 17.7 Å². The molecule has 120 valence electrons. The van der Waals surface area contributed by atoms with E-state index in [1.807, 2.05) is 0 Å². The molecular formula is C15H16N4O4. The highest BCUT2D eigenvalue weighted by Crippen LogP contribution is 2.17. The SMILES string of the molecule is COc1cc(OC)nc(NC(=O)Nc2ccc(C(C)=O)cc2)n1. The van der Waals surface area contributed by atoms with Crippen molar-refractivity contribution in [3.05, 3.63) is 35.9 Å². The number of nitrogens with zero attached hydrogens (tertiary/aromatic N) is 2. The zero-order valence-electron chi connectivity index (χ0n) is 12.9. The summed E-state index contributed by atoms with van der Waals surface area (Å²) in [6.07, 6.45) is 0. The Morgan fingerprint density at radius 3 is 2.00 bits per heavy atom. The van der Waals surface area contributed by atoms with Crippen molar-refractivity contribution in [3.63, 3.8) is 0 Å². The van der Waals surface area contributed by atoms with Crippen LogP contribution >= 0.6 is 0 Å². The van der Waals surface area contributed by atoms with Gasteiger partial charge >= 0.3 is 6.03 Å². The molecule has 0 atom stereocenters. The van der Waals surface area contributed by atoms with Gasteiger partial charge in [0.15, 0.2) is 5.78 Å². The lowest BCUT2D eigenvalue weighted by atomic mass is 10.1. The van der Waals surface area contributed by atoms with Crippen molar-refractivity contribution in [1.82, 2.24) is 9.97 Å². The predicted molar refractivity (Wildman–Crippen MR) is 84.2 cm³/mol. The molecule has 0 bridgehead atoms. The van der Waals surface area contributed by atoms with E-state index in [0.717, 1.165) is 0 Å². The Balaban J connectivity index is 2.05. The summed E-state index contributed by atoms with van der Waals surface area (Å²) in [6, 6.07) is 7.47. The summed E-state index contributed by atoms with van der Waals surface area (Å²) in [4.78, 5) is 31.1. The van der Waals surface area contributed by atoms with Crippen LogP contribution in [0.15, 0.2) is 30.3 Å². The maximum absolute atomic E-state index is 11.9. The maximum Gasteiger partial charge on any atom is 0.326 e. The zero-order valence-corrected chi connectivity index (χ0v) is 12.9. The number of methoxy groups -OCH3 is 2. The zero-order chi connectivity index (χ0) is 16.8. The highest BCUT2D eigenvalue weighted by Gasteiger charge is 2.09. The fourth-order valence-corrected chi connectivity index (χ4v) is 1.72. The van der Waals surface area contributed by atoms with Gasteiger partial charge < -0.3 is 14.8 Å². The Morgan fingerprint density at radius 2 is 1.52 bits per heavy atom. The molecule has 23 heavy (non-hydrogen) atoms. The first-order valence-corrected chi connectivity index (χ1v) is 6.68. The first kappa shape index (κ1) is 16.2. The van der Waals surface area contributed by atoms with Crippen molar-refractivity contribution in [2.24, 2.45) is 0 Å². The van der Waals surface area contributed by atoms with E-state index >= 15 is 0 Å². The molecule has 2 aromatic rings. The molecule has 0 aliphatic carbocycles. The van der Waals surface area contributed by atoms with E-state index in [9.17, 15) is 9.59 Å². The Labute approximate surface area is 132 Å². The van der Waals surface area contributed by atoms with Crippen LogP contribution < -0.4 is 20.1 Å². The minimum Gasteiger partial charge on any atom is -0.481 e. The van der Waals surface area contributed by atoms with E-state index in [1.165, 1.54) is 27.2 Å². The Hall–Kier alpha value is -3.16. The van der Waals surface area contributed by atoms with Crippen LogP contribution in [0, 0.1) is 0 Å². The number of urea groups is 1. The standard InChI is InChI=1S/C15H16N4O4/c1-9(20)10-4-6-11(7-5-10)16-15(21)19-14-17-12(22-2)8-13(18-14)23-3/h4-8H,1-3H3,(H2,16,17,18,19,21). The largest absolute Gasteiger partial charge is 0.481 e. The molecule has 8 nitrogen and oxygen atoms in total. The third-order valence-corrected chi connectivity index (χ3v) is 2.87. The second-order valence-electron chi connectivity index (χ2n) is 4.49. The van der Waals surface area contributed by atoms with Gasteiger partial charge in [-0.3, -0.25) is 10.1 Å². The number of hydrogen-bond donors (Lipinski definition) is 2. The van der Waals surface area contributed by atoms with E-state index in [1.54, 1.807) is 24.3 Å². The number of rotatable bonds is 5. The van der Waals surface area contributed by atoms with E-state index < -0.39 is 6.03 Å². The maximum atomic E-state index is 11.9. The van der Waals surface area contributed by atoms with Gasteiger partial charge in [-0.25, -0.2) is 4.79 Å². The van der Waals surface area contributed by atoms with Crippen LogP contribution in [0.5, 0.6) is 11.8 Å². The van der Waals surface area contributed by atoms with E-state index in [4.69, 9.17) is 9.47 Å². The number of Topliss-reactive ketones (excluding diaryl/α,β-unsaturated/α-hetero) is 1. The molecule has 0 aliphatic rings. The molecule has 0 spiro atoms. The number of benzene rings is 1. The Morgan fingerprint density at radius 1 is 0.957 bits per heavy atom. The lowest BCUT2D eigenvalue weighted by molar-refractivity contribution is 0.101. The van der Waals surface area contributed by atoms with E-state index in [0.29, 0.717) is 11.3 Å². The van der Waals surface area contributed by atoms with Gasteiger partial charge in [-0.1, -0.05) is 0 Å². The molecular weight excluding hydrogens is 300 g/mol. The number of carbonyl (C=O) groups is 2. The van der Waals surface area contributed by atoms with Crippen LogP contribution in [-0.2, 0) is 0 Å². The summed E-state index contributed by atoms with van der Waals surface area (Å²) >= 11 is 0. The molecule has 2 rings (SSSR count). The van der Waals surface area contributed by atoms with Crippen molar-refractivity contribution in [1.29, 1.82) is 0 Å². The van der Waals surface area contributed by atoms with Gasteiger partial charge in [0.1, 0.15) is 0 Å². The third-order valence-electron chi connectivity index (χ3n) is 2.87. The molecule has 0 fully saturated rings. The summed E-state index contributed by atoms with van der Waals surface area (Å²) in [7, 11) is 2.89. The fourth-order valence-electron chi connectivity index (χ4n) is 1.72. The molecule has 2 N–H and O–H groups in total. The summed E-state index contributed by atoms with van der Waals surface area (Å²) in [6.45, 7) is 1.47. The average molecular weight is 316 g/mol. The van der Waals surface area contributed by atoms with Crippen LogP contribution in [0.2, 0.25) is 0 Å². The summed E-state index contributed by atoms with van der Waals surface area (Å²) in [5, 5.41) is 5.09. The normalized spacial score (nSPS) is 9.87. The number of ether oxygens (including phenoxy) is 2. The van der Waals surface area contributed by atoms with Crippen molar-refractivity contribution in [3.8, 4) is 11.8 Å². The lowest BCUT2D eigenvalue weighted by Crippen LogP contribution is -2.21. The first-order valence-electron chi connectivity index (χ1n) is 6.68. The minimum atomic E-state index is -0.532. The van der Waals surface area contributed by atoms with Crippen molar-refractivity contribution in [2.75, 3.05) is 24.9 Å². The Kier molecular flexibility index (Phi) is 5.08. The second-order valence-corrected chi connectivity index (χ2v) is 4.49. The predicted octanol–water partition coefficient (Wildman–Crippen LogP) is 2.34. The van der Waals surface area contributed by atoms with E-state index in [-0.39, 0.29) is 23.5 Å². The van der Waals surface area contributed by atoms with Crippen molar-refractivity contribution in [2.45, 2.75) is 6.92 Å². The molecule has 1 aromatic heterocycles. The topological polar surface area (TPSA) is 102 Å².